The van der Waals surface area contributed by atoms with Gasteiger partial charge >= 0.3 is 6.36 Å². The van der Waals surface area contributed by atoms with Crippen LogP contribution in [0.1, 0.15) is 35.3 Å². The van der Waals surface area contributed by atoms with E-state index in [1.54, 1.807) is 6.07 Å². The molecule has 2 amide bonds. The Balaban J connectivity index is 1.79. The van der Waals surface area contributed by atoms with Crippen LogP contribution in [0.5, 0.6) is 5.75 Å². The summed E-state index contributed by atoms with van der Waals surface area (Å²) in [6.45, 7) is 0. The van der Waals surface area contributed by atoms with Crippen molar-refractivity contribution in [2.24, 2.45) is 0 Å². The molecule has 2 aromatic rings. The molecule has 10 heteroatoms. The van der Waals surface area contributed by atoms with E-state index in [4.69, 9.17) is 0 Å². The molecule has 148 valence electrons. The van der Waals surface area contributed by atoms with Gasteiger partial charge in [-0.05, 0) is 42.7 Å². The Morgan fingerprint density at radius 1 is 1.14 bits per heavy atom. The fourth-order valence-corrected chi connectivity index (χ4v) is 3.05. The zero-order valence-electron chi connectivity index (χ0n) is 14.8. The van der Waals surface area contributed by atoms with Crippen molar-refractivity contribution in [2.45, 2.75) is 31.0 Å². The highest BCUT2D eigenvalue weighted by Crippen LogP contribution is 2.45. The monoisotopic (exact) mass is 394 g/mol. The Hall–Kier alpha value is -3.17. The van der Waals surface area contributed by atoms with Gasteiger partial charge in [0.2, 0.25) is 5.91 Å². The van der Waals surface area contributed by atoms with Crippen molar-refractivity contribution in [1.82, 2.24) is 15.5 Å². The number of benzene rings is 1. The van der Waals surface area contributed by atoms with E-state index >= 15 is 0 Å². The maximum atomic E-state index is 12.9. The van der Waals surface area contributed by atoms with E-state index in [9.17, 15) is 22.8 Å². The van der Waals surface area contributed by atoms with Crippen LogP contribution >= 0.6 is 0 Å². The fraction of sp³-hybridized carbons (Fsp3) is 0.333. The number of carbonyl (C=O) groups is 2. The number of rotatable bonds is 5. The summed E-state index contributed by atoms with van der Waals surface area (Å²) in [6.07, 6.45) is -3.08. The molecule has 2 N–H and O–H groups in total. The zero-order chi connectivity index (χ0) is 20.4. The summed E-state index contributed by atoms with van der Waals surface area (Å²) in [6, 6.07) is 8.28. The normalized spacial score (nSPS) is 15.3. The Morgan fingerprint density at radius 2 is 1.89 bits per heavy atom. The average Bonchev–Trinajstić information content (AvgIpc) is 2.59. The number of halogens is 3. The van der Waals surface area contributed by atoms with E-state index in [0.29, 0.717) is 18.4 Å². The van der Waals surface area contributed by atoms with Crippen LogP contribution in [0, 0.1) is 0 Å². The first-order valence-electron chi connectivity index (χ1n) is 8.47. The predicted molar refractivity (Wildman–Crippen MR) is 92.7 cm³/mol. The van der Waals surface area contributed by atoms with Gasteiger partial charge in [0.1, 0.15) is 5.75 Å². The van der Waals surface area contributed by atoms with Crippen LogP contribution in [0.3, 0.4) is 0 Å². The summed E-state index contributed by atoms with van der Waals surface area (Å²) in [5, 5.41) is 12.6. The summed E-state index contributed by atoms with van der Waals surface area (Å²) >= 11 is 0. The largest absolute Gasteiger partial charge is 0.573 e. The zero-order valence-corrected chi connectivity index (χ0v) is 14.8. The Bertz CT molecular complexity index is 880. The number of nitrogens with one attached hydrogen (secondary N) is 2. The molecule has 0 unspecified atom stereocenters. The maximum Gasteiger partial charge on any atom is 0.573 e. The van der Waals surface area contributed by atoms with E-state index < -0.39 is 23.6 Å². The molecule has 0 spiro atoms. The van der Waals surface area contributed by atoms with Gasteiger partial charge in [-0.2, -0.15) is 0 Å². The van der Waals surface area contributed by atoms with Crippen molar-refractivity contribution in [3.8, 4) is 5.75 Å². The maximum absolute atomic E-state index is 12.9. The molecule has 1 aliphatic carbocycles. The number of ether oxygens (including phenoxy) is 1. The molecule has 28 heavy (non-hydrogen) atoms. The lowest BCUT2D eigenvalue weighted by Gasteiger charge is -2.40. The molecule has 1 aromatic carbocycles. The van der Waals surface area contributed by atoms with Gasteiger partial charge in [0.05, 0.1) is 5.41 Å². The quantitative estimate of drug-likeness (QED) is 0.814. The summed E-state index contributed by atoms with van der Waals surface area (Å²) in [7, 11) is 1.46. The Morgan fingerprint density at radius 3 is 2.43 bits per heavy atom. The standard InChI is InChI=1S/C18H17F3N4O3/c1-22-15(26)13-6-7-14(25-24-13)23-16(27)17(8-3-9-17)11-4-2-5-12(10-11)28-18(19,20)21/h2,4-7,10H,3,8-9H2,1H3,(H,22,26)(H,23,25,27). The molecule has 3 rings (SSSR count). The number of amides is 2. The summed E-state index contributed by atoms with van der Waals surface area (Å²) in [5.41, 5.74) is -0.435. The summed E-state index contributed by atoms with van der Waals surface area (Å²) in [4.78, 5) is 24.4. The number of carbonyl (C=O) groups excluding carboxylic acids is 2. The van der Waals surface area contributed by atoms with E-state index in [-0.39, 0.29) is 17.3 Å². The molecule has 0 saturated heterocycles. The lowest BCUT2D eigenvalue weighted by molar-refractivity contribution is -0.274. The van der Waals surface area contributed by atoms with Crippen LogP contribution in [0.2, 0.25) is 0 Å². The number of hydrogen-bond acceptors (Lipinski definition) is 5. The number of nitrogens with zero attached hydrogens (tertiary/aromatic N) is 2. The third-order valence-electron chi connectivity index (χ3n) is 4.63. The molecule has 1 aromatic heterocycles. The van der Waals surface area contributed by atoms with Crippen molar-refractivity contribution in [1.29, 1.82) is 0 Å². The molecule has 1 heterocycles. The van der Waals surface area contributed by atoms with Crippen LogP contribution in [0.25, 0.3) is 0 Å². The smallest absolute Gasteiger partial charge is 0.406 e. The van der Waals surface area contributed by atoms with Crippen LogP contribution in [-0.4, -0.2) is 35.4 Å². The molecule has 7 nitrogen and oxygen atoms in total. The topological polar surface area (TPSA) is 93.2 Å². The molecule has 0 aliphatic heterocycles. The molecule has 0 bridgehead atoms. The van der Waals surface area contributed by atoms with Crippen molar-refractivity contribution < 1.29 is 27.5 Å². The second kappa shape index (κ2) is 7.45. The van der Waals surface area contributed by atoms with Gasteiger partial charge in [-0.3, -0.25) is 9.59 Å². The minimum absolute atomic E-state index is 0.0934. The number of hydrogen-bond donors (Lipinski definition) is 2. The van der Waals surface area contributed by atoms with Gasteiger partial charge in [-0.25, -0.2) is 0 Å². The molecule has 1 aliphatic rings. The summed E-state index contributed by atoms with van der Waals surface area (Å²) in [5.74, 6) is -1.04. The predicted octanol–water partition coefficient (Wildman–Crippen LogP) is 2.80. The highest BCUT2D eigenvalue weighted by molar-refractivity contribution is 5.99. The van der Waals surface area contributed by atoms with Gasteiger partial charge in [-0.1, -0.05) is 18.6 Å². The fourth-order valence-electron chi connectivity index (χ4n) is 3.05. The third-order valence-corrected chi connectivity index (χ3v) is 4.63. The average molecular weight is 394 g/mol. The van der Waals surface area contributed by atoms with Crippen LogP contribution in [-0.2, 0) is 10.2 Å². The number of alkyl halides is 3. The minimum Gasteiger partial charge on any atom is -0.406 e. The first-order chi connectivity index (χ1) is 13.2. The van der Waals surface area contributed by atoms with Gasteiger partial charge in [0.15, 0.2) is 11.5 Å². The molecule has 0 atom stereocenters. The molecular weight excluding hydrogens is 377 g/mol. The van der Waals surface area contributed by atoms with Gasteiger partial charge in [0.25, 0.3) is 5.91 Å². The van der Waals surface area contributed by atoms with Gasteiger partial charge < -0.3 is 15.4 Å². The van der Waals surface area contributed by atoms with Crippen molar-refractivity contribution >= 4 is 17.6 Å². The molecule has 1 saturated carbocycles. The molecular formula is C18H17F3N4O3. The van der Waals surface area contributed by atoms with E-state index in [0.717, 1.165) is 6.42 Å². The second-order valence-corrected chi connectivity index (χ2v) is 6.35. The number of aromatic nitrogens is 2. The minimum atomic E-state index is -4.81. The van der Waals surface area contributed by atoms with E-state index in [1.165, 1.54) is 37.4 Å². The Kier molecular flexibility index (Phi) is 5.21. The summed E-state index contributed by atoms with van der Waals surface area (Å²) < 4.78 is 41.4. The SMILES string of the molecule is CNC(=O)c1ccc(NC(=O)C2(c3cccc(OC(F)(F)F)c3)CCC2)nn1. The second-order valence-electron chi connectivity index (χ2n) is 6.35. The van der Waals surface area contributed by atoms with E-state index in [2.05, 4.69) is 25.6 Å². The van der Waals surface area contributed by atoms with Gasteiger partial charge in [-0.15, -0.1) is 23.4 Å². The third kappa shape index (κ3) is 4.05. The Labute approximate surface area is 158 Å². The molecule has 1 fully saturated rings. The first-order valence-corrected chi connectivity index (χ1v) is 8.47. The number of anilines is 1. The van der Waals surface area contributed by atoms with Crippen molar-refractivity contribution in [3.63, 3.8) is 0 Å². The lowest BCUT2D eigenvalue weighted by Crippen LogP contribution is -2.46. The molecule has 0 radical (unpaired) electrons. The van der Waals surface area contributed by atoms with Crippen LogP contribution in [0.15, 0.2) is 36.4 Å². The van der Waals surface area contributed by atoms with Crippen LogP contribution in [0.4, 0.5) is 19.0 Å². The first kappa shape index (κ1) is 19.6. The van der Waals surface area contributed by atoms with Crippen LogP contribution < -0.4 is 15.4 Å². The lowest BCUT2D eigenvalue weighted by atomic mass is 9.63. The van der Waals surface area contributed by atoms with Gasteiger partial charge in [0, 0.05) is 7.05 Å². The van der Waals surface area contributed by atoms with E-state index in [1.807, 2.05) is 0 Å². The van der Waals surface area contributed by atoms with Crippen molar-refractivity contribution in [3.05, 3.63) is 47.7 Å². The highest BCUT2D eigenvalue weighted by atomic mass is 19.4. The van der Waals surface area contributed by atoms with Crippen molar-refractivity contribution in [2.75, 3.05) is 12.4 Å². The highest BCUT2D eigenvalue weighted by Gasteiger charge is 2.46.